The largest absolute Gasteiger partial charge is 0.339 e. The second kappa shape index (κ2) is 6.89. The number of fused-ring (bicyclic) bond motifs is 1. The van der Waals surface area contributed by atoms with E-state index in [-0.39, 0.29) is 5.91 Å². The summed E-state index contributed by atoms with van der Waals surface area (Å²) in [5.41, 5.74) is 1.80. The number of hydrogen-bond donors (Lipinski definition) is 0. The van der Waals surface area contributed by atoms with Crippen LogP contribution in [0, 0.1) is 0 Å². The van der Waals surface area contributed by atoms with Gasteiger partial charge in [-0.15, -0.1) is 0 Å². The van der Waals surface area contributed by atoms with Crippen LogP contribution in [0.25, 0.3) is 11.7 Å². The lowest BCUT2D eigenvalue weighted by atomic mass is 10.3. The number of pyridine rings is 1. The Morgan fingerprint density at radius 2 is 2.25 bits per heavy atom. The van der Waals surface area contributed by atoms with Crippen molar-refractivity contribution in [3.05, 3.63) is 42.4 Å². The molecule has 0 aliphatic rings. The number of carbonyl (C=O) groups is 1. The first-order valence-corrected chi connectivity index (χ1v) is 7.15. The zero-order chi connectivity index (χ0) is 14.4. The lowest BCUT2D eigenvalue weighted by Crippen LogP contribution is -2.30. The maximum absolute atomic E-state index is 12.1. The van der Waals surface area contributed by atoms with Gasteiger partial charge < -0.3 is 9.30 Å². The van der Waals surface area contributed by atoms with Crippen LogP contribution in [0.15, 0.2) is 36.7 Å². The summed E-state index contributed by atoms with van der Waals surface area (Å²) < 4.78 is 1.96. The predicted octanol–water partition coefficient (Wildman–Crippen LogP) is 3.00. The van der Waals surface area contributed by atoms with Gasteiger partial charge in [-0.25, -0.2) is 4.98 Å². The van der Waals surface area contributed by atoms with Gasteiger partial charge in [0.05, 0.1) is 11.9 Å². The summed E-state index contributed by atoms with van der Waals surface area (Å²) in [5, 5.41) is 0. The summed E-state index contributed by atoms with van der Waals surface area (Å²) in [6.45, 7) is 5.71. The van der Waals surface area contributed by atoms with Crippen LogP contribution >= 0.6 is 0 Å². The van der Waals surface area contributed by atoms with Crippen LogP contribution in [0.1, 0.15) is 32.4 Å². The molecular formula is C16H21N3O. The topological polar surface area (TPSA) is 37.6 Å². The van der Waals surface area contributed by atoms with Crippen LogP contribution in [0.5, 0.6) is 0 Å². The Morgan fingerprint density at radius 1 is 1.40 bits per heavy atom. The van der Waals surface area contributed by atoms with Gasteiger partial charge in [0.1, 0.15) is 5.65 Å². The van der Waals surface area contributed by atoms with Crippen LogP contribution in [0.3, 0.4) is 0 Å². The lowest BCUT2D eigenvalue weighted by Gasteiger charge is -2.18. The van der Waals surface area contributed by atoms with Crippen molar-refractivity contribution in [1.29, 1.82) is 0 Å². The van der Waals surface area contributed by atoms with Gasteiger partial charge in [0.25, 0.3) is 0 Å². The molecule has 20 heavy (non-hydrogen) atoms. The highest BCUT2D eigenvalue weighted by Crippen LogP contribution is 2.08. The lowest BCUT2D eigenvalue weighted by molar-refractivity contribution is -0.125. The molecule has 0 aromatic carbocycles. The molecule has 2 rings (SSSR count). The fourth-order valence-corrected chi connectivity index (χ4v) is 2.11. The van der Waals surface area contributed by atoms with Crippen LogP contribution in [0.2, 0.25) is 0 Å². The molecule has 0 radical (unpaired) electrons. The highest BCUT2D eigenvalue weighted by atomic mass is 16.2. The quantitative estimate of drug-likeness (QED) is 0.757. The van der Waals surface area contributed by atoms with Crippen LogP contribution in [-0.2, 0) is 4.79 Å². The average Bonchev–Trinajstić information content (AvgIpc) is 2.89. The molecule has 0 N–H and O–H groups in total. The number of rotatable bonds is 6. The highest BCUT2D eigenvalue weighted by Gasteiger charge is 2.07. The van der Waals surface area contributed by atoms with Gasteiger partial charge in [-0.2, -0.15) is 0 Å². The second-order valence-corrected chi connectivity index (χ2v) is 4.72. The molecule has 2 heterocycles. The SMILES string of the molecule is CCCCN(CC)C(=O)/C=C/c1cnc2ccccn12. The van der Waals surface area contributed by atoms with Crippen LogP contribution < -0.4 is 0 Å². The fraction of sp³-hybridized carbons (Fsp3) is 0.375. The molecule has 0 fully saturated rings. The molecular weight excluding hydrogens is 250 g/mol. The molecule has 0 spiro atoms. The van der Waals surface area contributed by atoms with E-state index in [2.05, 4.69) is 11.9 Å². The van der Waals surface area contributed by atoms with Crippen LogP contribution in [0.4, 0.5) is 0 Å². The maximum Gasteiger partial charge on any atom is 0.246 e. The first-order valence-electron chi connectivity index (χ1n) is 7.15. The molecule has 0 saturated heterocycles. The third kappa shape index (κ3) is 3.26. The molecule has 2 aromatic rings. The molecule has 4 heteroatoms. The molecule has 4 nitrogen and oxygen atoms in total. The summed E-state index contributed by atoms with van der Waals surface area (Å²) in [7, 11) is 0. The first kappa shape index (κ1) is 14.3. The van der Waals surface area contributed by atoms with Gasteiger partial charge in [0.15, 0.2) is 0 Å². The zero-order valence-corrected chi connectivity index (χ0v) is 12.1. The van der Waals surface area contributed by atoms with Crippen molar-refractivity contribution in [2.24, 2.45) is 0 Å². The van der Waals surface area contributed by atoms with Gasteiger partial charge in [-0.3, -0.25) is 4.79 Å². The minimum Gasteiger partial charge on any atom is -0.339 e. The highest BCUT2D eigenvalue weighted by molar-refractivity contribution is 5.91. The van der Waals surface area contributed by atoms with E-state index in [1.54, 1.807) is 12.3 Å². The predicted molar refractivity (Wildman–Crippen MR) is 81.4 cm³/mol. The molecule has 2 aromatic heterocycles. The van der Waals surface area contributed by atoms with Crippen LogP contribution in [-0.4, -0.2) is 33.3 Å². The van der Waals surface area contributed by atoms with Crippen molar-refractivity contribution in [2.45, 2.75) is 26.7 Å². The normalized spacial score (nSPS) is 11.3. The number of nitrogens with zero attached hydrogens (tertiary/aromatic N) is 3. The molecule has 0 saturated carbocycles. The van der Waals surface area contributed by atoms with E-state index in [0.717, 1.165) is 37.3 Å². The minimum atomic E-state index is 0.0619. The molecule has 106 valence electrons. The monoisotopic (exact) mass is 271 g/mol. The Morgan fingerprint density at radius 3 is 3.00 bits per heavy atom. The molecule has 1 amide bonds. The Kier molecular flexibility index (Phi) is 4.93. The van der Waals surface area contributed by atoms with E-state index >= 15 is 0 Å². The number of unbranched alkanes of at least 4 members (excludes halogenated alkanes) is 1. The molecule has 0 bridgehead atoms. The van der Waals surface area contributed by atoms with Crippen molar-refractivity contribution < 1.29 is 4.79 Å². The summed E-state index contributed by atoms with van der Waals surface area (Å²) >= 11 is 0. The molecule has 0 aliphatic heterocycles. The second-order valence-electron chi connectivity index (χ2n) is 4.72. The van der Waals surface area contributed by atoms with Gasteiger partial charge in [-0.1, -0.05) is 19.4 Å². The van der Waals surface area contributed by atoms with Crippen molar-refractivity contribution in [3.8, 4) is 0 Å². The minimum absolute atomic E-state index is 0.0619. The third-order valence-corrected chi connectivity index (χ3v) is 3.32. The smallest absolute Gasteiger partial charge is 0.246 e. The first-order chi connectivity index (χ1) is 9.76. The average molecular weight is 271 g/mol. The Balaban J connectivity index is 2.10. The number of amides is 1. The van der Waals surface area contributed by atoms with E-state index in [4.69, 9.17) is 0 Å². The van der Waals surface area contributed by atoms with Crippen molar-refractivity contribution in [2.75, 3.05) is 13.1 Å². The van der Waals surface area contributed by atoms with Crippen molar-refractivity contribution in [3.63, 3.8) is 0 Å². The number of aromatic nitrogens is 2. The van der Waals surface area contributed by atoms with Gasteiger partial charge in [0, 0.05) is 25.4 Å². The van der Waals surface area contributed by atoms with E-state index < -0.39 is 0 Å². The zero-order valence-electron chi connectivity index (χ0n) is 12.1. The molecule has 0 aliphatic carbocycles. The molecule has 0 atom stereocenters. The Hall–Kier alpha value is -2.10. The summed E-state index contributed by atoms with van der Waals surface area (Å²) in [4.78, 5) is 18.3. The number of imidazole rings is 1. The van der Waals surface area contributed by atoms with Gasteiger partial charge in [0.2, 0.25) is 5.91 Å². The van der Waals surface area contributed by atoms with E-state index in [0.29, 0.717) is 0 Å². The number of likely N-dealkylation sites (N-methyl/N-ethyl adjacent to an activating group) is 1. The Labute approximate surface area is 119 Å². The Bertz CT molecular complexity index is 601. The van der Waals surface area contributed by atoms with Gasteiger partial charge in [-0.05, 0) is 31.6 Å². The van der Waals surface area contributed by atoms with E-state index in [9.17, 15) is 4.79 Å². The van der Waals surface area contributed by atoms with E-state index in [1.165, 1.54) is 0 Å². The molecule has 0 unspecified atom stereocenters. The standard InChI is InChI=1S/C16H21N3O/c1-3-5-11-18(4-2)16(20)10-9-14-13-17-15-8-6-7-12-19(14)15/h6-10,12-13H,3-5,11H2,1-2H3/b10-9+. The number of carbonyl (C=O) groups excluding carboxylic acids is 1. The maximum atomic E-state index is 12.1. The summed E-state index contributed by atoms with van der Waals surface area (Å²) in [6.07, 6.45) is 9.33. The number of hydrogen-bond acceptors (Lipinski definition) is 2. The van der Waals surface area contributed by atoms with Crippen molar-refractivity contribution >= 4 is 17.6 Å². The van der Waals surface area contributed by atoms with Gasteiger partial charge >= 0.3 is 0 Å². The fourth-order valence-electron chi connectivity index (χ4n) is 2.11. The summed E-state index contributed by atoms with van der Waals surface area (Å²) in [5.74, 6) is 0.0619. The summed E-state index contributed by atoms with van der Waals surface area (Å²) in [6, 6.07) is 5.84. The van der Waals surface area contributed by atoms with E-state index in [1.807, 2.05) is 46.7 Å². The van der Waals surface area contributed by atoms with Crippen molar-refractivity contribution in [1.82, 2.24) is 14.3 Å². The third-order valence-electron chi connectivity index (χ3n) is 3.32.